The van der Waals surface area contributed by atoms with Crippen molar-refractivity contribution in [2.24, 2.45) is 4.99 Å². The highest BCUT2D eigenvalue weighted by atomic mass is 127. The Morgan fingerprint density at radius 3 is 2.61 bits per heavy atom. The van der Waals surface area contributed by atoms with Crippen LogP contribution in [0.2, 0.25) is 0 Å². The van der Waals surface area contributed by atoms with E-state index in [1.807, 2.05) is 48.1 Å². The lowest BCUT2D eigenvalue weighted by molar-refractivity contribution is 0.0939. The van der Waals surface area contributed by atoms with Gasteiger partial charge in [-0.25, -0.2) is 0 Å². The second-order valence-electron chi connectivity index (χ2n) is 6.45. The lowest BCUT2D eigenvalue weighted by Gasteiger charge is -2.13. The molecule has 2 rings (SSSR count). The minimum absolute atomic E-state index is 0. The molecule has 0 aliphatic heterocycles. The summed E-state index contributed by atoms with van der Waals surface area (Å²) in [5.41, 5.74) is 1.77. The minimum Gasteiger partial charge on any atom is -0.356 e. The Labute approximate surface area is 184 Å². The molecule has 2 aromatic rings. The molecule has 1 amide bonds. The summed E-state index contributed by atoms with van der Waals surface area (Å²) < 4.78 is 1.91. The quantitative estimate of drug-likeness (QED) is 0.215. The lowest BCUT2D eigenvalue weighted by Crippen LogP contribution is -2.37. The fraction of sp³-hybridized carbons (Fsp3) is 0.450. The Bertz CT molecular complexity index is 715. The van der Waals surface area contributed by atoms with Crippen LogP contribution < -0.4 is 16.0 Å². The van der Waals surface area contributed by atoms with E-state index in [2.05, 4.69) is 33.0 Å². The lowest BCUT2D eigenvalue weighted by atomic mass is 10.1. The summed E-state index contributed by atoms with van der Waals surface area (Å²) in [6.07, 6.45) is 5.62. The fourth-order valence-electron chi connectivity index (χ4n) is 2.47. The summed E-state index contributed by atoms with van der Waals surface area (Å²) in [5.74, 6) is 0.729. The Morgan fingerprint density at radius 2 is 2.00 bits per heavy atom. The van der Waals surface area contributed by atoms with Crippen molar-refractivity contribution in [2.75, 3.05) is 13.6 Å². The summed E-state index contributed by atoms with van der Waals surface area (Å²) >= 11 is 0. The smallest absolute Gasteiger partial charge is 0.251 e. The van der Waals surface area contributed by atoms with E-state index in [4.69, 9.17) is 0 Å². The third-order valence-electron chi connectivity index (χ3n) is 4.31. The van der Waals surface area contributed by atoms with E-state index >= 15 is 0 Å². The summed E-state index contributed by atoms with van der Waals surface area (Å²) in [7, 11) is 1.76. The van der Waals surface area contributed by atoms with Crippen molar-refractivity contribution in [1.29, 1.82) is 0 Å². The highest BCUT2D eigenvalue weighted by Crippen LogP contribution is 2.05. The number of guanidine groups is 1. The topological polar surface area (TPSA) is 83.3 Å². The molecule has 1 aromatic carbocycles. The van der Waals surface area contributed by atoms with Gasteiger partial charge in [0.25, 0.3) is 5.91 Å². The number of aromatic nitrogens is 2. The molecule has 0 bridgehead atoms. The molecule has 0 saturated carbocycles. The number of benzene rings is 1. The zero-order valence-corrected chi connectivity index (χ0v) is 19.1. The number of carbonyl (C=O) groups excluding carboxylic acids is 1. The molecular formula is C20H31IN6O. The molecule has 1 aromatic heterocycles. The van der Waals surface area contributed by atoms with Crippen molar-refractivity contribution >= 4 is 35.8 Å². The third kappa shape index (κ3) is 8.28. The van der Waals surface area contributed by atoms with Gasteiger partial charge in [0.05, 0.1) is 0 Å². The number of aryl methyl sites for hydroxylation is 1. The minimum atomic E-state index is -0.0292. The molecule has 0 aliphatic rings. The first-order valence-corrected chi connectivity index (χ1v) is 9.44. The third-order valence-corrected chi connectivity index (χ3v) is 4.31. The largest absolute Gasteiger partial charge is 0.356 e. The van der Waals surface area contributed by atoms with Gasteiger partial charge in [-0.05, 0) is 43.5 Å². The number of aliphatic imine (C=N–C) groups is 1. The first-order valence-electron chi connectivity index (χ1n) is 9.44. The molecule has 0 aliphatic carbocycles. The van der Waals surface area contributed by atoms with E-state index in [1.165, 1.54) is 0 Å². The Balaban J connectivity index is 0.00000392. The zero-order chi connectivity index (χ0) is 19.5. The van der Waals surface area contributed by atoms with E-state index in [0.29, 0.717) is 12.1 Å². The van der Waals surface area contributed by atoms with Gasteiger partial charge in [-0.1, -0.05) is 19.1 Å². The van der Waals surface area contributed by atoms with Gasteiger partial charge < -0.3 is 16.0 Å². The maximum atomic E-state index is 12.1. The summed E-state index contributed by atoms with van der Waals surface area (Å²) in [6, 6.07) is 9.74. The van der Waals surface area contributed by atoms with Crippen LogP contribution in [-0.4, -0.2) is 41.3 Å². The van der Waals surface area contributed by atoms with E-state index in [-0.39, 0.29) is 35.9 Å². The molecule has 154 valence electrons. The molecule has 0 radical (unpaired) electrons. The van der Waals surface area contributed by atoms with Crippen LogP contribution >= 0.6 is 24.0 Å². The number of hydrogen-bond donors (Lipinski definition) is 3. The van der Waals surface area contributed by atoms with Gasteiger partial charge in [0.1, 0.15) is 0 Å². The summed E-state index contributed by atoms with van der Waals surface area (Å²) in [5, 5.41) is 13.7. The van der Waals surface area contributed by atoms with Crippen LogP contribution in [0.1, 0.15) is 42.6 Å². The number of amides is 1. The van der Waals surface area contributed by atoms with Gasteiger partial charge in [-0.15, -0.1) is 24.0 Å². The second-order valence-corrected chi connectivity index (χ2v) is 6.45. The van der Waals surface area contributed by atoms with Crippen LogP contribution in [0.25, 0.3) is 0 Å². The SMILES string of the molecule is CCC(C)NC(=O)c1ccc(CNC(=NC)NCCCn2cccn2)cc1.I. The number of hydrogen-bond acceptors (Lipinski definition) is 3. The van der Waals surface area contributed by atoms with Crippen molar-refractivity contribution in [1.82, 2.24) is 25.7 Å². The zero-order valence-electron chi connectivity index (χ0n) is 16.8. The van der Waals surface area contributed by atoms with Gasteiger partial charge >= 0.3 is 0 Å². The first kappa shape index (κ1) is 23.9. The molecule has 1 atom stereocenters. The van der Waals surface area contributed by atoms with Crippen LogP contribution in [-0.2, 0) is 13.1 Å². The maximum absolute atomic E-state index is 12.1. The van der Waals surface area contributed by atoms with Crippen molar-refractivity contribution in [2.45, 2.75) is 45.8 Å². The highest BCUT2D eigenvalue weighted by molar-refractivity contribution is 14.0. The van der Waals surface area contributed by atoms with Gasteiger partial charge in [0, 0.05) is 50.7 Å². The molecule has 7 nitrogen and oxygen atoms in total. The molecule has 1 heterocycles. The molecule has 1 unspecified atom stereocenters. The fourth-order valence-corrected chi connectivity index (χ4v) is 2.47. The molecule has 0 saturated heterocycles. The number of halogens is 1. The summed E-state index contributed by atoms with van der Waals surface area (Å²) in [6.45, 7) is 6.39. The average Bonchev–Trinajstić information content (AvgIpc) is 3.21. The van der Waals surface area contributed by atoms with Crippen LogP contribution in [0.5, 0.6) is 0 Å². The van der Waals surface area contributed by atoms with Gasteiger partial charge in [-0.3, -0.25) is 14.5 Å². The monoisotopic (exact) mass is 498 g/mol. The standard InChI is InChI=1S/C20H30N6O.HI/c1-4-16(2)25-19(27)18-9-7-17(8-10-18)15-23-20(21-3)22-11-5-13-26-14-6-12-24-26;/h6-10,12,14,16H,4-5,11,13,15H2,1-3H3,(H,25,27)(H2,21,22,23);1H. The Hall–Kier alpha value is -2.10. The van der Waals surface area contributed by atoms with E-state index < -0.39 is 0 Å². The van der Waals surface area contributed by atoms with E-state index in [0.717, 1.165) is 37.5 Å². The second kappa shape index (κ2) is 13.1. The van der Waals surface area contributed by atoms with Crippen LogP contribution in [0.4, 0.5) is 0 Å². The molecular weight excluding hydrogens is 467 g/mol. The molecule has 3 N–H and O–H groups in total. The van der Waals surface area contributed by atoms with Crippen molar-refractivity contribution in [3.63, 3.8) is 0 Å². The predicted molar refractivity (Wildman–Crippen MR) is 124 cm³/mol. The number of nitrogens with zero attached hydrogens (tertiary/aromatic N) is 3. The van der Waals surface area contributed by atoms with Crippen molar-refractivity contribution in [3.05, 3.63) is 53.9 Å². The van der Waals surface area contributed by atoms with Gasteiger partial charge in [0.2, 0.25) is 0 Å². The van der Waals surface area contributed by atoms with Crippen LogP contribution in [0, 0.1) is 0 Å². The average molecular weight is 498 g/mol. The van der Waals surface area contributed by atoms with E-state index in [1.54, 1.807) is 13.2 Å². The highest BCUT2D eigenvalue weighted by Gasteiger charge is 2.08. The van der Waals surface area contributed by atoms with Crippen molar-refractivity contribution < 1.29 is 4.79 Å². The van der Waals surface area contributed by atoms with Gasteiger partial charge in [0.15, 0.2) is 5.96 Å². The molecule has 0 spiro atoms. The van der Waals surface area contributed by atoms with Gasteiger partial charge in [-0.2, -0.15) is 5.10 Å². The maximum Gasteiger partial charge on any atom is 0.251 e. The summed E-state index contributed by atoms with van der Waals surface area (Å²) in [4.78, 5) is 16.3. The van der Waals surface area contributed by atoms with E-state index in [9.17, 15) is 4.79 Å². The first-order chi connectivity index (χ1) is 13.1. The number of rotatable bonds is 9. The Kier molecular flexibility index (Phi) is 11.2. The normalized spacial score (nSPS) is 12.0. The molecule has 28 heavy (non-hydrogen) atoms. The molecule has 8 heteroatoms. The van der Waals surface area contributed by atoms with Crippen molar-refractivity contribution in [3.8, 4) is 0 Å². The van der Waals surface area contributed by atoms with Crippen LogP contribution in [0.3, 0.4) is 0 Å². The number of nitrogens with one attached hydrogen (secondary N) is 3. The Morgan fingerprint density at radius 1 is 1.25 bits per heavy atom. The number of carbonyl (C=O) groups is 1. The van der Waals surface area contributed by atoms with Crippen LogP contribution in [0.15, 0.2) is 47.7 Å². The molecule has 0 fully saturated rings. The predicted octanol–water partition coefficient (Wildman–Crippen LogP) is 2.78.